The lowest BCUT2D eigenvalue weighted by Crippen LogP contribution is -2.44. The third-order valence-electron chi connectivity index (χ3n) is 3.38. The molecule has 1 unspecified atom stereocenters. The largest absolute Gasteiger partial charge is 0.489 e. The van der Waals surface area contributed by atoms with E-state index in [0.717, 1.165) is 0 Å². The Kier molecular flexibility index (Phi) is 10.7. The molecule has 1 aromatic heterocycles. The molecular weight excluding hydrogens is 518 g/mol. The van der Waals surface area contributed by atoms with E-state index in [9.17, 15) is 12.8 Å². The summed E-state index contributed by atoms with van der Waals surface area (Å²) in [5, 5.41) is 7.80. The lowest BCUT2D eigenvalue weighted by molar-refractivity contribution is 0.223. The molecular formula is C17H24FIN4O3S2. The predicted molar refractivity (Wildman–Crippen MR) is 121 cm³/mol. The van der Waals surface area contributed by atoms with Crippen LogP contribution in [0.5, 0.6) is 5.75 Å². The highest BCUT2D eigenvalue weighted by Crippen LogP contribution is 2.15. The van der Waals surface area contributed by atoms with Gasteiger partial charge in [-0.2, -0.15) is 0 Å². The molecule has 1 heterocycles. The second-order valence-electron chi connectivity index (χ2n) is 5.60. The van der Waals surface area contributed by atoms with Crippen LogP contribution in [-0.2, 0) is 10.0 Å². The smallest absolute Gasteiger partial charge is 0.250 e. The van der Waals surface area contributed by atoms with Crippen LogP contribution in [0, 0.1) is 5.82 Å². The molecule has 156 valence electrons. The summed E-state index contributed by atoms with van der Waals surface area (Å²) in [6.07, 6.45) is -0.220. The molecule has 0 bridgehead atoms. The fraction of sp³-hybridized carbons (Fsp3) is 0.353. The van der Waals surface area contributed by atoms with Gasteiger partial charge in [-0.15, -0.1) is 35.3 Å². The maximum absolute atomic E-state index is 13.2. The van der Waals surface area contributed by atoms with Crippen molar-refractivity contribution >= 4 is 51.3 Å². The molecule has 11 heteroatoms. The first-order valence-electron chi connectivity index (χ1n) is 8.30. The molecule has 0 saturated carbocycles. The van der Waals surface area contributed by atoms with Gasteiger partial charge in [-0.1, -0.05) is 12.1 Å². The number of hydrogen-bond acceptors (Lipinski definition) is 5. The van der Waals surface area contributed by atoms with E-state index in [1.165, 1.54) is 23.5 Å². The molecule has 0 amide bonds. The van der Waals surface area contributed by atoms with Crippen LogP contribution >= 0.6 is 35.3 Å². The molecule has 0 aliphatic heterocycles. The van der Waals surface area contributed by atoms with Gasteiger partial charge in [-0.3, -0.25) is 4.99 Å². The van der Waals surface area contributed by atoms with Crippen molar-refractivity contribution in [1.82, 2.24) is 15.4 Å². The van der Waals surface area contributed by atoms with Crippen molar-refractivity contribution in [2.75, 3.05) is 26.7 Å². The van der Waals surface area contributed by atoms with Crippen molar-refractivity contribution in [3.05, 3.63) is 47.6 Å². The molecule has 1 aromatic carbocycles. The monoisotopic (exact) mass is 542 g/mol. The average Bonchev–Trinajstić information content (AvgIpc) is 3.17. The Morgan fingerprint density at radius 1 is 1.25 bits per heavy atom. The number of halogens is 2. The summed E-state index contributed by atoms with van der Waals surface area (Å²) in [7, 11) is -1.85. The molecule has 0 radical (unpaired) electrons. The molecule has 1 atom stereocenters. The predicted octanol–water partition coefficient (Wildman–Crippen LogP) is 2.42. The summed E-state index contributed by atoms with van der Waals surface area (Å²) in [6.45, 7) is 2.87. The number of thiophene rings is 1. The fourth-order valence-electron chi connectivity index (χ4n) is 2.13. The number of sulfonamides is 1. The van der Waals surface area contributed by atoms with E-state index in [1.807, 2.05) is 6.92 Å². The van der Waals surface area contributed by atoms with Crippen molar-refractivity contribution in [3.8, 4) is 5.75 Å². The summed E-state index contributed by atoms with van der Waals surface area (Å²) < 4.78 is 45.6. The highest BCUT2D eigenvalue weighted by atomic mass is 127. The second kappa shape index (κ2) is 12.2. The van der Waals surface area contributed by atoms with Crippen LogP contribution in [-0.4, -0.2) is 47.2 Å². The highest BCUT2D eigenvalue weighted by molar-refractivity contribution is 14.0. The van der Waals surface area contributed by atoms with Gasteiger partial charge >= 0.3 is 0 Å². The lowest BCUT2D eigenvalue weighted by atomic mass is 10.3. The van der Waals surface area contributed by atoms with Crippen molar-refractivity contribution in [2.45, 2.75) is 17.2 Å². The number of ether oxygens (including phenoxy) is 1. The van der Waals surface area contributed by atoms with Gasteiger partial charge in [0.15, 0.2) is 5.96 Å². The Morgan fingerprint density at radius 3 is 2.68 bits per heavy atom. The number of rotatable bonds is 9. The number of hydrogen-bond donors (Lipinski definition) is 3. The summed E-state index contributed by atoms with van der Waals surface area (Å²) >= 11 is 1.17. The van der Waals surface area contributed by atoms with Gasteiger partial charge < -0.3 is 15.4 Å². The molecule has 7 nitrogen and oxygen atoms in total. The number of guanidine groups is 1. The van der Waals surface area contributed by atoms with E-state index >= 15 is 0 Å². The zero-order valence-electron chi connectivity index (χ0n) is 15.5. The minimum Gasteiger partial charge on any atom is -0.489 e. The molecule has 28 heavy (non-hydrogen) atoms. The SMILES string of the molecule is CN=C(NCCNS(=O)(=O)c1cccs1)NCC(C)Oc1cccc(F)c1.I. The van der Waals surface area contributed by atoms with Crippen molar-refractivity contribution in [1.29, 1.82) is 0 Å². The molecule has 2 aromatic rings. The quantitative estimate of drug-likeness (QED) is 0.196. The van der Waals surface area contributed by atoms with Gasteiger partial charge in [0.05, 0.1) is 6.54 Å². The van der Waals surface area contributed by atoms with Gasteiger partial charge in [0.25, 0.3) is 0 Å². The van der Waals surface area contributed by atoms with E-state index in [0.29, 0.717) is 24.8 Å². The Balaban J connectivity index is 0.00000392. The van der Waals surface area contributed by atoms with Crippen molar-refractivity contribution in [3.63, 3.8) is 0 Å². The summed E-state index contributed by atoms with van der Waals surface area (Å²) in [5.41, 5.74) is 0. The van der Waals surface area contributed by atoms with Crippen LogP contribution in [0.15, 0.2) is 51.0 Å². The zero-order valence-corrected chi connectivity index (χ0v) is 19.5. The molecule has 0 spiro atoms. The first kappa shape index (κ1) is 24.6. The topological polar surface area (TPSA) is 91.8 Å². The van der Waals surface area contributed by atoms with Gasteiger partial charge in [0.2, 0.25) is 10.0 Å². The Hall–Kier alpha value is -1.44. The maximum Gasteiger partial charge on any atom is 0.250 e. The third kappa shape index (κ3) is 8.29. The van der Waals surface area contributed by atoms with E-state index in [2.05, 4.69) is 20.3 Å². The Bertz CT molecular complexity index is 848. The molecule has 0 aliphatic rings. The fourth-order valence-corrected chi connectivity index (χ4v) is 4.20. The second-order valence-corrected chi connectivity index (χ2v) is 8.54. The Morgan fingerprint density at radius 2 is 2.04 bits per heavy atom. The van der Waals surface area contributed by atoms with Gasteiger partial charge in [0.1, 0.15) is 21.9 Å². The maximum atomic E-state index is 13.2. The van der Waals surface area contributed by atoms with E-state index in [1.54, 1.807) is 36.7 Å². The number of nitrogens with one attached hydrogen (secondary N) is 3. The summed E-state index contributed by atoms with van der Waals surface area (Å²) in [6, 6.07) is 9.20. The minimum absolute atomic E-state index is 0. The van der Waals surface area contributed by atoms with Gasteiger partial charge in [0, 0.05) is 26.2 Å². The van der Waals surface area contributed by atoms with E-state index in [-0.39, 0.29) is 46.7 Å². The first-order chi connectivity index (χ1) is 12.9. The Labute approximate surface area is 185 Å². The minimum atomic E-state index is -3.47. The zero-order chi connectivity index (χ0) is 19.7. The summed E-state index contributed by atoms with van der Waals surface area (Å²) in [5.74, 6) is 0.616. The summed E-state index contributed by atoms with van der Waals surface area (Å²) in [4.78, 5) is 4.07. The molecule has 0 saturated heterocycles. The average molecular weight is 542 g/mol. The van der Waals surface area contributed by atoms with Gasteiger partial charge in [-0.25, -0.2) is 17.5 Å². The third-order valence-corrected chi connectivity index (χ3v) is 6.24. The molecule has 3 N–H and O–H groups in total. The van der Waals surface area contributed by atoms with Crippen molar-refractivity contribution in [2.24, 2.45) is 4.99 Å². The number of benzene rings is 1. The van der Waals surface area contributed by atoms with E-state index < -0.39 is 10.0 Å². The molecule has 0 fully saturated rings. The van der Waals surface area contributed by atoms with Crippen molar-refractivity contribution < 1.29 is 17.5 Å². The highest BCUT2D eigenvalue weighted by Gasteiger charge is 2.14. The van der Waals surface area contributed by atoms with Crippen LogP contribution in [0.4, 0.5) is 4.39 Å². The van der Waals surface area contributed by atoms with Gasteiger partial charge in [-0.05, 0) is 30.5 Å². The van der Waals surface area contributed by atoms with E-state index in [4.69, 9.17) is 4.74 Å². The first-order valence-corrected chi connectivity index (χ1v) is 10.7. The normalized spacial score (nSPS) is 12.8. The van der Waals surface area contributed by atoms with Crippen LogP contribution < -0.4 is 20.1 Å². The van der Waals surface area contributed by atoms with Crippen LogP contribution in [0.25, 0.3) is 0 Å². The van der Waals surface area contributed by atoms with Crippen LogP contribution in [0.3, 0.4) is 0 Å². The number of nitrogens with zero attached hydrogens (tertiary/aromatic N) is 1. The number of aliphatic imine (C=N–C) groups is 1. The van der Waals surface area contributed by atoms with Crippen LogP contribution in [0.1, 0.15) is 6.92 Å². The standard InChI is InChI=1S/C17H23FN4O3S2.HI/c1-13(25-15-6-3-5-14(18)11-15)12-21-17(19-2)20-8-9-22-27(23,24)16-7-4-10-26-16;/h3-7,10-11,13,22H,8-9,12H2,1-2H3,(H2,19,20,21);1H. The lowest BCUT2D eigenvalue weighted by Gasteiger charge is -2.18. The molecule has 0 aliphatic carbocycles. The molecule has 2 rings (SSSR count). The van der Waals surface area contributed by atoms with Crippen LogP contribution in [0.2, 0.25) is 0 Å².